The van der Waals surface area contributed by atoms with E-state index in [0.29, 0.717) is 27.5 Å². The van der Waals surface area contributed by atoms with Crippen LogP contribution in [0.1, 0.15) is 63.6 Å². The van der Waals surface area contributed by atoms with Crippen LogP contribution in [0.25, 0.3) is 10.4 Å². The van der Waals surface area contributed by atoms with Gasteiger partial charge in [-0.15, -0.1) is 11.3 Å². The summed E-state index contributed by atoms with van der Waals surface area (Å²) in [5.41, 5.74) is 2.69. The molecule has 0 saturated heterocycles. The molecule has 7 heteroatoms. The van der Waals surface area contributed by atoms with Crippen molar-refractivity contribution in [1.82, 2.24) is 0 Å². The molecule has 1 N–H and O–H groups in total. The summed E-state index contributed by atoms with van der Waals surface area (Å²) in [6.07, 6.45) is 3.53. The van der Waals surface area contributed by atoms with Crippen LogP contribution in [-0.4, -0.2) is 38.3 Å². The lowest BCUT2D eigenvalue weighted by molar-refractivity contribution is -0.145. The van der Waals surface area contributed by atoms with E-state index >= 15 is 0 Å². The number of rotatable bonds is 8. The smallest absolute Gasteiger partial charge is 0.351 e. The highest BCUT2D eigenvalue weighted by Gasteiger charge is 2.38. The third kappa shape index (κ3) is 6.73. The molecule has 1 aromatic carbocycles. The topological polar surface area (TPSA) is 73.9 Å². The number of carbonyl (C=O) groups is 2. The van der Waals surface area contributed by atoms with Crippen LogP contribution < -0.4 is 10.1 Å². The number of benzene rings is 1. The number of methoxy groups -OCH3 is 1. The molecule has 3 rings (SSSR count). The molecule has 33 heavy (non-hydrogen) atoms. The van der Waals surface area contributed by atoms with Crippen molar-refractivity contribution in [2.45, 2.75) is 59.9 Å². The molecule has 0 unspecified atom stereocenters. The van der Waals surface area contributed by atoms with E-state index in [4.69, 9.17) is 14.2 Å². The maximum atomic E-state index is 12.2. The van der Waals surface area contributed by atoms with Crippen molar-refractivity contribution in [3.8, 4) is 16.2 Å². The normalized spacial score (nSPS) is 17.3. The number of hydrogen-bond donors (Lipinski definition) is 1. The minimum Gasteiger partial charge on any atom is -0.480 e. The summed E-state index contributed by atoms with van der Waals surface area (Å²) in [6.45, 7) is 11.1. The van der Waals surface area contributed by atoms with Gasteiger partial charge in [-0.3, -0.25) is 0 Å². The van der Waals surface area contributed by atoms with Crippen LogP contribution in [0.2, 0.25) is 0 Å². The molecule has 1 heterocycles. The van der Waals surface area contributed by atoms with E-state index in [1.54, 1.807) is 13.0 Å². The summed E-state index contributed by atoms with van der Waals surface area (Å²) in [4.78, 5) is 25.1. The monoisotopic (exact) mass is 473 g/mol. The maximum absolute atomic E-state index is 12.2. The van der Waals surface area contributed by atoms with Crippen molar-refractivity contribution in [2.75, 3.05) is 25.6 Å². The van der Waals surface area contributed by atoms with Crippen LogP contribution in [0.5, 0.6) is 5.75 Å². The van der Waals surface area contributed by atoms with Crippen molar-refractivity contribution < 1.29 is 23.8 Å². The molecule has 1 fully saturated rings. The predicted octanol–water partition coefficient (Wildman–Crippen LogP) is 6.16. The van der Waals surface area contributed by atoms with Gasteiger partial charge in [0.05, 0.1) is 13.7 Å². The average Bonchev–Trinajstić information content (AvgIpc) is 3.14. The Morgan fingerprint density at radius 2 is 1.73 bits per heavy atom. The third-order valence-corrected chi connectivity index (χ3v) is 6.96. The van der Waals surface area contributed by atoms with Gasteiger partial charge in [-0.1, -0.05) is 39.8 Å². The van der Waals surface area contributed by atoms with Gasteiger partial charge in [0.2, 0.25) is 0 Å². The van der Waals surface area contributed by atoms with Crippen molar-refractivity contribution >= 4 is 29.0 Å². The quantitative estimate of drug-likeness (QED) is 0.463. The third-order valence-electron chi connectivity index (χ3n) is 5.81. The Hall–Kier alpha value is -2.54. The maximum Gasteiger partial charge on any atom is 0.351 e. The van der Waals surface area contributed by atoms with Gasteiger partial charge < -0.3 is 19.5 Å². The standard InChI is InChI=1S/C26H35NO5S/c1-7-31-22(28)15-32-20-12-21(33-23(20)24(29)30-6)17-8-10-18(11-9-17)27-19-13-25(2,3)16-26(4,5)14-19/h8-12,19,27H,7,13-16H2,1-6H3. The molecular formula is C26H35NO5S. The van der Waals surface area contributed by atoms with E-state index in [2.05, 4.69) is 45.1 Å². The van der Waals surface area contributed by atoms with E-state index in [0.717, 1.165) is 29.0 Å². The molecule has 0 radical (unpaired) electrons. The lowest BCUT2D eigenvalue weighted by Crippen LogP contribution is -2.40. The molecule has 1 saturated carbocycles. The Labute approximate surface area is 200 Å². The van der Waals surface area contributed by atoms with E-state index in [-0.39, 0.29) is 13.2 Å². The van der Waals surface area contributed by atoms with Gasteiger partial charge in [0.1, 0.15) is 5.75 Å². The Bertz CT molecular complexity index is 961. The fourth-order valence-electron chi connectivity index (χ4n) is 5.11. The molecule has 0 spiro atoms. The molecular weight excluding hydrogens is 438 g/mol. The number of ether oxygens (including phenoxy) is 3. The lowest BCUT2D eigenvalue weighted by atomic mass is 9.63. The van der Waals surface area contributed by atoms with Crippen molar-refractivity contribution in [3.05, 3.63) is 35.2 Å². The van der Waals surface area contributed by atoms with Crippen LogP contribution >= 0.6 is 11.3 Å². The zero-order chi connectivity index (χ0) is 24.2. The highest BCUT2D eigenvalue weighted by atomic mass is 32.1. The van der Waals surface area contributed by atoms with Crippen molar-refractivity contribution in [1.29, 1.82) is 0 Å². The molecule has 0 amide bonds. The Kier molecular flexibility index (Phi) is 7.73. The van der Waals surface area contributed by atoms with Crippen LogP contribution in [-0.2, 0) is 14.3 Å². The van der Waals surface area contributed by atoms with Gasteiger partial charge in [-0.2, -0.15) is 0 Å². The second-order valence-corrected chi connectivity index (χ2v) is 11.3. The molecule has 1 aliphatic rings. The zero-order valence-electron chi connectivity index (χ0n) is 20.4. The Morgan fingerprint density at radius 3 is 2.30 bits per heavy atom. The molecule has 0 bridgehead atoms. The van der Waals surface area contributed by atoms with Crippen molar-refractivity contribution in [2.24, 2.45) is 10.8 Å². The SMILES string of the molecule is CCOC(=O)COc1cc(-c2ccc(NC3CC(C)(C)CC(C)(C)C3)cc2)sc1C(=O)OC. The van der Waals surface area contributed by atoms with E-state index in [9.17, 15) is 9.59 Å². The molecule has 1 aromatic heterocycles. The first kappa shape index (κ1) is 25.1. The summed E-state index contributed by atoms with van der Waals surface area (Å²) in [5, 5.41) is 3.71. The van der Waals surface area contributed by atoms with Gasteiger partial charge in [0.15, 0.2) is 11.5 Å². The highest BCUT2D eigenvalue weighted by Crippen LogP contribution is 2.46. The summed E-state index contributed by atoms with van der Waals surface area (Å²) in [7, 11) is 1.32. The minimum atomic E-state index is -0.495. The lowest BCUT2D eigenvalue weighted by Gasteiger charge is -2.45. The summed E-state index contributed by atoms with van der Waals surface area (Å²) < 4.78 is 15.3. The van der Waals surface area contributed by atoms with Crippen molar-refractivity contribution in [3.63, 3.8) is 0 Å². The minimum absolute atomic E-state index is 0.259. The molecule has 1 aliphatic carbocycles. The summed E-state index contributed by atoms with van der Waals surface area (Å²) in [6, 6.07) is 10.4. The van der Waals surface area contributed by atoms with Crippen LogP contribution in [0, 0.1) is 10.8 Å². The van der Waals surface area contributed by atoms with Gasteiger partial charge in [0.25, 0.3) is 0 Å². The molecule has 180 valence electrons. The molecule has 0 atom stereocenters. The van der Waals surface area contributed by atoms with Crippen LogP contribution in [0.3, 0.4) is 0 Å². The van der Waals surface area contributed by atoms with Crippen LogP contribution in [0.15, 0.2) is 30.3 Å². The number of thiophene rings is 1. The number of esters is 2. The Balaban J connectivity index is 1.74. The molecule has 2 aromatic rings. The number of anilines is 1. The van der Waals surface area contributed by atoms with E-state index in [1.807, 2.05) is 12.1 Å². The first-order chi connectivity index (χ1) is 15.5. The zero-order valence-corrected chi connectivity index (χ0v) is 21.3. The van der Waals surface area contributed by atoms with Crippen LogP contribution in [0.4, 0.5) is 5.69 Å². The second kappa shape index (κ2) is 10.2. The summed E-state index contributed by atoms with van der Waals surface area (Å²) in [5.74, 6) is -0.653. The number of hydrogen-bond acceptors (Lipinski definition) is 7. The van der Waals surface area contributed by atoms with Gasteiger partial charge in [0, 0.05) is 16.6 Å². The predicted molar refractivity (Wildman–Crippen MR) is 132 cm³/mol. The highest BCUT2D eigenvalue weighted by molar-refractivity contribution is 7.17. The van der Waals surface area contributed by atoms with Gasteiger partial charge in [-0.05, 0) is 60.8 Å². The second-order valence-electron chi connectivity index (χ2n) is 10.2. The largest absolute Gasteiger partial charge is 0.480 e. The van der Waals surface area contributed by atoms with Gasteiger partial charge in [-0.25, -0.2) is 9.59 Å². The first-order valence-corrected chi connectivity index (χ1v) is 12.2. The van der Waals surface area contributed by atoms with E-state index in [1.165, 1.54) is 24.9 Å². The fourth-order valence-corrected chi connectivity index (χ4v) is 6.14. The first-order valence-electron chi connectivity index (χ1n) is 11.4. The molecule has 0 aliphatic heterocycles. The number of carbonyl (C=O) groups excluding carboxylic acids is 2. The Morgan fingerprint density at radius 1 is 1.09 bits per heavy atom. The van der Waals surface area contributed by atoms with E-state index < -0.39 is 11.9 Å². The average molecular weight is 474 g/mol. The van der Waals surface area contributed by atoms with Gasteiger partial charge >= 0.3 is 11.9 Å². The fraction of sp³-hybridized carbons (Fsp3) is 0.538. The molecule has 6 nitrogen and oxygen atoms in total. The summed E-state index contributed by atoms with van der Waals surface area (Å²) >= 11 is 1.28. The number of nitrogens with one attached hydrogen (secondary N) is 1.